The molecular formula is C17H16Cl2N2O4. The van der Waals surface area contributed by atoms with Crippen LogP contribution < -0.4 is 5.32 Å². The minimum absolute atomic E-state index is 0.165. The third kappa shape index (κ3) is 3.65. The first kappa shape index (κ1) is 17.8. The molecule has 1 heterocycles. The van der Waals surface area contributed by atoms with Crippen molar-refractivity contribution in [1.82, 2.24) is 5.16 Å². The van der Waals surface area contributed by atoms with Gasteiger partial charge in [0.25, 0.3) is 5.91 Å². The van der Waals surface area contributed by atoms with Gasteiger partial charge in [-0.2, -0.15) is 0 Å². The van der Waals surface area contributed by atoms with Gasteiger partial charge in [0.2, 0.25) is 5.88 Å². The van der Waals surface area contributed by atoms with E-state index in [1.165, 1.54) is 0 Å². The van der Waals surface area contributed by atoms with Crippen LogP contribution in [0.2, 0.25) is 0 Å². The molecule has 8 heteroatoms. The van der Waals surface area contributed by atoms with Crippen molar-refractivity contribution < 1.29 is 18.8 Å². The van der Waals surface area contributed by atoms with Crippen molar-refractivity contribution in [1.29, 1.82) is 0 Å². The maximum absolute atomic E-state index is 11.9. The number of alkyl halides is 2. The fourth-order valence-corrected chi connectivity index (χ4v) is 2.97. The second-order valence-corrected chi connectivity index (χ2v) is 7.76. The summed E-state index contributed by atoms with van der Waals surface area (Å²) in [5.41, 5.74) is 1.61. The molecule has 1 amide bonds. The van der Waals surface area contributed by atoms with E-state index in [-0.39, 0.29) is 5.88 Å². The largest absolute Gasteiger partial charge is 0.455 e. The van der Waals surface area contributed by atoms with Gasteiger partial charge in [-0.15, -0.1) is 23.2 Å². The molecule has 0 aliphatic heterocycles. The Balaban J connectivity index is 1.54. The maximum atomic E-state index is 11.9. The molecule has 0 unspecified atom stereocenters. The first-order chi connectivity index (χ1) is 11.7. The van der Waals surface area contributed by atoms with Crippen LogP contribution in [0.25, 0.3) is 11.3 Å². The standard InChI is InChI=1S/C17H16Cl2N2O4/c1-10-3-5-11(6-4-10)12-7-14(25-21-12)20-13(22)8-24-15(23)16(2)9-17(16,18)19/h3-7H,8-9H2,1-2H3,(H,20,22)/t16-/m1/s1. The van der Waals surface area contributed by atoms with E-state index in [4.69, 9.17) is 32.5 Å². The number of amides is 1. The Morgan fingerprint density at radius 3 is 2.56 bits per heavy atom. The van der Waals surface area contributed by atoms with Crippen molar-refractivity contribution >= 4 is 41.0 Å². The van der Waals surface area contributed by atoms with Crippen LogP contribution in [0.4, 0.5) is 5.88 Å². The van der Waals surface area contributed by atoms with Gasteiger partial charge < -0.3 is 9.26 Å². The van der Waals surface area contributed by atoms with E-state index in [1.54, 1.807) is 13.0 Å². The summed E-state index contributed by atoms with van der Waals surface area (Å²) >= 11 is 11.8. The van der Waals surface area contributed by atoms with Gasteiger partial charge in [0, 0.05) is 18.1 Å². The van der Waals surface area contributed by atoms with E-state index in [0.29, 0.717) is 12.1 Å². The summed E-state index contributed by atoms with van der Waals surface area (Å²) in [6, 6.07) is 9.31. The number of esters is 1. The number of aromatic nitrogens is 1. The van der Waals surface area contributed by atoms with Crippen molar-refractivity contribution in [2.75, 3.05) is 11.9 Å². The van der Waals surface area contributed by atoms with Crippen LogP contribution in [0.15, 0.2) is 34.9 Å². The first-order valence-corrected chi connectivity index (χ1v) is 8.35. The summed E-state index contributed by atoms with van der Waals surface area (Å²) < 4.78 is 8.91. The topological polar surface area (TPSA) is 81.4 Å². The highest BCUT2D eigenvalue weighted by Crippen LogP contribution is 2.64. The zero-order valence-corrected chi connectivity index (χ0v) is 15.1. The lowest BCUT2D eigenvalue weighted by molar-refractivity contribution is -0.152. The van der Waals surface area contributed by atoms with Crippen LogP contribution in [-0.2, 0) is 14.3 Å². The zero-order valence-electron chi connectivity index (χ0n) is 13.6. The third-order valence-corrected chi connectivity index (χ3v) is 5.26. The van der Waals surface area contributed by atoms with Gasteiger partial charge >= 0.3 is 5.97 Å². The summed E-state index contributed by atoms with van der Waals surface area (Å²) in [6.07, 6.45) is 0.297. The lowest BCUT2D eigenvalue weighted by Crippen LogP contribution is -2.26. The molecule has 1 N–H and O–H groups in total. The van der Waals surface area contributed by atoms with Gasteiger partial charge in [-0.05, 0) is 13.8 Å². The zero-order chi connectivity index (χ0) is 18.2. The van der Waals surface area contributed by atoms with Gasteiger partial charge in [-0.3, -0.25) is 14.9 Å². The van der Waals surface area contributed by atoms with Crippen molar-refractivity contribution in [2.45, 2.75) is 24.6 Å². The van der Waals surface area contributed by atoms with E-state index in [9.17, 15) is 9.59 Å². The van der Waals surface area contributed by atoms with Crippen molar-refractivity contribution in [3.05, 3.63) is 35.9 Å². The molecule has 132 valence electrons. The lowest BCUT2D eigenvalue weighted by Gasteiger charge is -2.11. The van der Waals surface area contributed by atoms with Gasteiger partial charge in [0.05, 0.1) is 0 Å². The van der Waals surface area contributed by atoms with Crippen LogP contribution in [-0.4, -0.2) is 28.0 Å². The molecular weight excluding hydrogens is 367 g/mol. The van der Waals surface area contributed by atoms with Crippen molar-refractivity contribution in [3.8, 4) is 11.3 Å². The van der Waals surface area contributed by atoms with Crippen LogP contribution in [0.3, 0.4) is 0 Å². The van der Waals surface area contributed by atoms with Crippen LogP contribution in [0.5, 0.6) is 0 Å². The monoisotopic (exact) mass is 382 g/mol. The number of aryl methyl sites for hydroxylation is 1. The Hall–Kier alpha value is -2.05. The average molecular weight is 383 g/mol. The van der Waals surface area contributed by atoms with Gasteiger partial charge in [0.1, 0.15) is 15.4 Å². The maximum Gasteiger partial charge on any atom is 0.315 e. The molecule has 6 nitrogen and oxygen atoms in total. The number of halogens is 2. The van der Waals surface area contributed by atoms with Crippen molar-refractivity contribution in [2.24, 2.45) is 5.41 Å². The molecule has 3 rings (SSSR count). The molecule has 2 aromatic rings. The normalized spacial score (nSPS) is 20.8. The van der Waals surface area contributed by atoms with Crippen molar-refractivity contribution in [3.63, 3.8) is 0 Å². The second kappa shape index (κ2) is 6.35. The Morgan fingerprint density at radius 1 is 1.32 bits per heavy atom. The fraction of sp³-hybridized carbons (Fsp3) is 0.353. The fourth-order valence-electron chi connectivity index (χ4n) is 2.28. The number of ether oxygens (including phenoxy) is 1. The van der Waals surface area contributed by atoms with Crippen LogP contribution in [0.1, 0.15) is 18.9 Å². The Morgan fingerprint density at radius 2 is 1.96 bits per heavy atom. The highest BCUT2D eigenvalue weighted by atomic mass is 35.5. The summed E-state index contributed by atoms with van der Waals surface area (Å²) in [5, 5.41) is 6.38. The minimum atomic E-state index is -1.13. The average Bonchev–Trinajstić information content (AvgIpc) is 2.88. The van der Waals surface area contributed by atoms with E-state index < -0.39 is 28.2 Å². The molecule has 1 aliphatic carbocycles. The minimum Gasteiger partial charge on any atom is -0.455 e. The summed E-state index contributed by atoms with van der Waals surface area (Å²) in [7, 11) is 0. The summed E-state index contributed by atoms with van der Waals surface area (Å²) in [5.74, 6) is -0.984. The molecule has 0 saturated heterocycles. The highest BCUT2D eigenvalue weighted by molar-refractivity contribution is 6.53. The molecule has 1 saturated carbocycles. The SMILES string of the molecule is Cc1ccc(-c2cc(NC(=O)COC(=O)[C@@]3(C)CC3(Cl)Cl)on2)cc1. The van der Waals surface area contributed by atoms with Crippen LogP contribution in [0, 0.1) is 12.3 Å². The number of hydrogen-bond acceptors (Lipinski definition) is 5. The molecule has 0 bridgehead atoms. The number of benzene rings is 1. The third-order valence-electron chi connectivity index (χ3n) is 4.16. The molecule has 25 heavy (non-hydrogen) atoms. The number of carbonyl (C=O) groups excluding carboxylic acids is 2. The molecule has 0 radical (unpaired) electrons. The Kier molecular flexibility index (Phi) is 4.51. The quantitative estimate of drug-likeness (QED) is 0.629. The predicted molar refractivity (Wildman–Crippen MR) is 93.4 cm³/mol. The van der Waals surface area contributed by atoms with E-state index in [1.807, 2.05) is 31.2 Å². The second-order valence-electron chi connectivity index (χ2n) is 6.28. The number of nitrogens with zero attached hydrogens (tertiary/aromatic N) is 1. The molecule has 1 aromatic heterocycles. The number of carbonyl (C=O) groups is 2. The highest BCUT2D eigenvalue weighted by Gasteiger charge is 2.69. The number of hydrogen-bond donors (Lipinski definition) is 1. The summed E-state index contributed by atoms with van der Waals surface area (Å²) in [6.45, 7) is 3.12. The molecule has 1 atom stereocenters. The Bertz CT molecular complexity index is 816. The smallest absolute Gasteiger partial charge is 0.315 e. The van der Waals surface area contributed by atoms with Gasteiger partial charge in [-0.25, -0.2) is 0 Å². The lowest BCUT2D eigenvalue weighted by atomic mass is 10.1. The van der Waals surface area contributed by atoms with Gasteiger partial charge in [-0.1, -0.05) is 35.0 Å². The van der Waals surface area contributed by atoms with Gasteiger partial charge in [0.15, 0.2) is 6.61 Å². The number of rotatable bonds is 5. The predicted octanol–water partition coefficient (Wildman–Crippen LogP) is 3.72. The molecule has 0 spiro atoms. The van der Waals surface area contributed by atoms with Crippen LogP contribution >= 0.6 is 23.2 Å². The molecule has 1 aromatic carbocycles. The number of nitrogens with one attached hydrogen (secondary N) is 1. The summed E-state index contributed by atoms with van der Waals surface area (Å²) in [4.78, 5) is 23.8. The number of anilines is 1. The van der Waals surface area contributed by atoms with E-state index >= 15 is 0 Å². The molecule has 1 aliphatic rings. The first-order valence-electron chi connectivity index (χ1n) is 7.60. The van der Waals surface area contributed by atoms with E-state index in [2.05, 4.69) is 10.5 Å². The Labute approximate surface area is 154 Å². The van der Waals surface area contributed by atoms with E-state index in [0.717, 1.165) is 11.1 Å². The molecule has 1 fully saturated rings.